The molecule has 1 amide bonds. The van der Waals surface area contributed by atoms with Gasteiger partial charge in [0.15, 0.2) is 0 Å². The van der Waals surface area contributed by atoms with Gasteiger partial charge in [-0.15, -0.1) is 0 Å². The van der Waals surface area contributed by atoms with Crippen LogP contribution in [0.1, 0.15) is 56.0 Å². The summed E-state index contributed by atoms with van der Waals surface area (Å²) in [6.45, 7) is 7.80. The SMILES string of the molecule is CC[C@H](C)NC(=O)c1ccccc1NS(=O)(=O)c1ccc(OC)c(C(C)C)c1. The molecule has 0 heterocycles. The number of anilines is 1. The average Bonchev–Trinajstić information content (AvgIpc) is 2.67. The Hall–Kier alpha value is -2.54. The van der Waals surface area contributed by atoms with E-state index in [1.54, 1.807) is 43.5 Å². The van der Waals surface area contributed by atoms with Gasteiger partial charge in [-0.25, -0.2) is 8.42 Å². The highest BCUT2D eigenvalue weighted by Crippen LogP contribution is 2.30. The Bertz CT molecular complexity index is 939. The minimum absolute atomic E-state index is 0.00708. The number of nitrogens with one attached hydrogen (secondary N) is 2. The van der Waals surface area contributed by atoms with E-state index < -0.39 is 10.0 Å². The van der Waals surface area contributed by atoms with E-state index >= 15 is 0 Å². The number of carbonyl (C=O) groups is 1. The molecular formula is C21H28N2O4S. The summed E-state index contributed by atoms with van der Waals surface area (Å²) in [6.07, 6.45) is 0.781. The van der Waals surface area contributed by atoms with Crippen molar-refractivity contribution in [2.24, 2.45) is 0 Å². The molecule has 0 aliphatic heterocycles. The number of benzene rings is 2. The van der Waals surface area contributed by atoms with Crippen LogP contribution in [0.5, 0.6) is 5.75 Å². The zero-order valence-corrected chi connectivity index (χ0v) is 17.8. The normalized spacial score (nSPS) is 12.5. The average molecular weight is 405 g/mol. The van der Waals surface area contributed by atoms with Gasteiger partial charge in [0.1, 0.15) is 5.75 Å². The van der Waals surface area contributed by atoms with Gasteiger partial charge in [-0.05, 0) is 55.2 Å². The zero-order chi connectivity index (χ0) is 20.9. The molecule has 0 radical (unpaired) electrons. The molecule has 6 nitrogen and oxygen atoms in total. The van der Waals surface area contributed by atoms with Crippen LogP contribution in [-0.2, 0) is 10.0 Å². The number of hydrogen-bond acceptors (Lipinski definition) is 4. The second-order valence-corrected chi connectivity index (χ2v) is 8.67. The van der Waals surface area contributed by atoms with Gasteiger partial charge in [-0.2, -0.15) is 0 Å². The number of carbonyl (C=O) groups excluding carboxylic acids is 1. The molecule has 2 aromatic carbocycles. The Morgan fingerprint density at radius 3 is 2.39 bits per heavy atom. The standard InChI is InChI=1S/C21H28N2O4S/c1-6-15(4)22-21(24)17-9-7-8-10-19(17)23-28(25,26)16-11-12-20(27-5)18(13-16)14(2)3/h7-15,23H,6H2,1-5H3,(H,22,24)/t15-/m0/s1. The number of methoxy groups -OCH3 is 1. The Morgan fingerprint density at radius 1 is 1.11 bits per heavy atom. The lowest BCUT2D eigenvalue weighted by atomic mass is 10.0. The van der Waals surface area contributed by atoms with Gasteiger partial charge in [-0.1, -0.05) is 32.9 Å². The van der Waals surface area contributed by atoms with Crippen LogP contribution in [0.15, 0.2) is 47.4 Å². The lowest BCUT2D eigenvalue weighted by Gasteiger charge is -2.17. The Morgan fingerprint density at radius 2 is 1.79 bits per heavy atom. The maximum atomic E-state index is 12.9. The monoisotopic (exact) mass is 404 g/mol. The van der Waals surface area contributed by atoms with Crippen molar-refractivity contribution in [1.29, 1.82) is 0 Å². The van der Waals surface area contributed by atoms with E-state index in [0.717, 1.165) is 12.0 Å². The second-order valence-electron chi connectivity index (χ2n) is 6.99. The molecule has 0 saturated heterocycles. The first-order valence-corrected chi connectivity index (χ1v) is 10.8. The molecule has 0 spiro atoms. The fourth-order valence-corrected chi connectivity index (χ4v) is 3.82. The topological polar surface area (TPSA) is 84.5 Å². The first-order valence-electron chi connectivity index (χ1n) is 9.30. The smallest absolute Gasteiger partial charge is 0.261 e. The minimum Gasteiger partial charge on any atom is -0.496 e. The molecule has 0 fully saturated rings. The molecule has 0 aromatic heterocycles. The van der Waals surface area contributed by atoms with Crippen molar-refractivity contribution in [1.82, 2.24) is 5.32 Å². The molecule has 28 heavy (non-hydrogen) atoms. The molecule has 0 aliphatic carbocycles. The van der Waals surface area contributed by atoms with Crippen molar-refractivity contribution in [3.8, 4) is 5.75 Å². The molecule has 0 saturated carbocycles. The van der Waals surface area contributed by atoms with Crippen LogP contribution < -0.4 is 14.8 Å². The molecule has 0 unspecified atom stereocenters. The Kier molecular flexibility index (Phi) is 7.07. The molecule has 2 aromatic rings. The lowest BCUT2D eigenvalue weighted by Crippen LogP contribution is -2.32. The third-order valence-corrected chi connectivity index (χ3v) is 5.90. The minimum atomic E-state index is -3.87. The largest absolute Gasteiger partial charge is 0.496 e. The summed E-state index contributed by atoms with van der Waals surface area (Å²) < 4.78 is 33.8. The number of para-hydroxylation sites is 1. The van der Waals surface area contributed by atoms with Crippen molar-refractivity contribution in [3.05, 3.63) is 53.6 Å². The Balaban J connectivity index is 2.38. The zero-order valence-electron chi connectivity index (χ0n) is 16.9. The van der Waals surface area contributed by atoms with Gasteiger partial charge in [0.25, 0.3) is 15.9 Å². The molecule has 0 aliphatic rings. The van der Waals surface area contributed by atoms with Crippen LogP contribution in [-0.4, -0.2) is 27.5 Å². The predicted molar refractivity (Wildman–Crippen MR) is 112 cm³/mol. The van der Waals surface area contributed by atoms with Gasteiger partial charge in [0, 0.05) is 6.04 Å². The molecule has 7 heteroatoms. The first kappa shape index (κ1) is 21.8. The van der Waals surface area contributed by atoms with Crippen molar-refractivity contribution in [2.75, 3.05) is 11.8 Å². The fraction of sp³-hybridized carbons (Fsp3) is 0.381. The lowest BCUT2D eigenvalue weighted by molar-refractivity contribution is 0.0940. The van der Waals surface area contributed by atoms with E-state index in [0.29, 0.717) is 5.75 Å². The molecule has 2 rings (SSSR count). The van der Waals surface area contributed by atoms with Crippen molar-refractivity contribution < 1.29 is 17.9 Å². The van der Waals surface area contributed by atoms with Crippen LogP contribution in [0.2, 0.25) is 0 Å². The molecule has 152 valence electrons. The van der Waals surface area contributed by atoms with Gasteiger partial charge in [0.2, 0.25) is 0 Å². The van der Waals surface area contributed by atoms with E-state index in [9.17, 15) is 13.2 Å². The second kappa shape index (κ2) is 9.10. The molecule has 0 bridgehead atoms. The maximum Gasteiger partial charge on any atom is 0.261 e. The summed E-state index contributed by atoms with van der Waals surface area (Å²) in [5.74, 6) is 0.422. The van der Waals surface area contributed by atoms with Gasteiger partial charge in [-0.3, -0.25) is 9.52 Å². The Labute approximate surface area is 167 Å². The van der Waals surface area contributed by atoms with Crippen LogP contribution in [0.25, 0.3) is 0 Å². The number of sulfonamides is 1. The van der Waals surface area contributed by atoms with E-state index in [1.807, 2.05) is 27.7 Å². The fourth-order valence-electron chi connectivity index (χ4n) is 2.71. The summed E-state index contributed by atoms with van der Waals surface area (Å²) >= 11 is 0. The highest BCUT2D eigenvalue weighted by molar-refractivity contribution is 7.92. The molecule has 2 N–H and O–H groups in total. The van der Waals surface area contributed by atoms with E-state index in [4.69, 9.17) is 4.74 Å². The summed E-state index contributed by atoms with van der Waals surface area (Å²) in [7, 11) is -2.31. The number of ether oxygens (including phenoxy) is 1. The molecular weight excluding hydrogens is 376 g/mol. The highest BCUT2D eigenvalue weighted by atomic mass is 32.2. The predicted octanol–water partition coefficient (Wildman–Crippen LogP) is 4.15. The van der Waals surface area contributed by atoms with Crippen LogP contribution in [0, 0.1) is 0 Å². The van der Waals surface area contributed by atoms with Crippen molar-refractivity contribution >= 4 is 21.6 Å². The van der Waals surface area contributed by atoms with E-state index in [1.165, 1.54) is 6.07 Å². The van der Waals surface area contributed by atoms with Crippen LogP contribution in [0.4, 0.5) is 5.69 Å². The summed E-state index contributed by atoms with van der Waals surface area (Å²) in [4.78, 5) is 12.6. The summed E-state index contributed by atoms with van der Waals surface area (Å²) in [5, 5.41) is 2.86. The van der Waals surface area contributed by atoms with Crippen molar-refractivity contribution in [3.63, 3.8) is 0 Å². The third kappa shape index (κ3) is 5.04. The number of hydrogen-bond donors (Lipinski definition) is 2. The summed E-state index contributed by atoms with van der Waals surface area (Å²) in [5.41, 5.74) is 1.32. The third-order valence-electron chi connectivity index (χ3n) is 4.54. The molecule has 1 atom stereocenters. The highest BCUT2D eigenvalue weighted by Gasteiger charge is 2.21. The van der Waals surface area contributed by atoms with Crippen LogP contribution in [0.3, 0.4) is 0 Å². The number of amides is 1. The first-order chi connectivity index (χ1) is 13.2. The summed E-state index contributed by atoms with van der Waals surface area (Å²) in [6, 6.07) is 11.3. The van der Waals surface area contributed by atoms with Crippen LogP contribution >= 0.6 is 0 Å². The van der Waals surface area contributed by atoms with E-state index in [-0.39, 0.29) is 34.0 Å². The van der Waals surface area contributed by atoms with Gasteiger partial charge in [0.05, 0.1) is 23.3 Å². The van der Waals surface area contributed by atoms with Crippen molar-refractivity contribution in [2.45, 2.75) is 51.0 Å². The van der Waals surface area contributed by atoms with E-state index in [2.05, 4.69) is 10.0 Å². The number of rotatable bonds is 8. The van der Waals surface area contributed by atoms with Gasteiger partial charge >= 0.3 is 0 Å². The quantitative estimate of drug-likeness (QED) is 0.692. The van der Waals surface area contributed by atoms with Gasteiger partial charge < -0.3 is 10.1 Å². The maximum absolute atomic E-state index is 12.9.